The average Bonchev–Trinajstić information content (AvgIpc) is 2.45. The minimum absolute atomic E-state index is 0.0381. The lowest BCUT2D eigenvalue weighted by Gasteiger charge is -2.38. The van der Waals surface area contributed by atoms with E-state index in [1.807, 2.05) is 0 Å². The molecule has 4 atom stereocenters. The maximum absolute atomic E-state index is 5.99. The molecule has 1 rings (SSSR count). The molecule has 1 heterocycles. The van der Waals surface area contributed by atoms with Crippen LogP contribution in [0.3, 0.4) is 0 Å². The molecule has 0 aromatic carbocycles. The van der Waals surface area contributed by atoms with Gasteiger partial charge in [0.25, 0.3) is 0 Å². The first-order valence-corrected chi connectivity index (χ1v) is 9.49. The molecule has 0 spiro atoms. The summed E-state index contributed by atoms with van der Waals surface area (Å²) in [6.45, 7) is 16.6. The highest BCUT2D eigenvalue weighted by Gasteiger charge is 2.28. The lowest BCUT2D eigenvalue weighted by atomic mass is 9.92. The van der Waals surface area contributed by atoms with E-state index < -0.39 is 0 Å². The average molecular weight is 343 g/mol. The SMILES string of the molecule is C[C@@H]1CC(C)(C)N[C@@H](CN)CN[C@@H](C)CC(C)(C)N[C@@H](CN)CN1. The Labute approximate surface area is 149 Å². The van der Waals surface area contributed by atoms with Gasteiger partial charge in [0.1, 0.15) is 0 Å². The quantitative estimate of drug-likeness (QED) is 0.427. The highest BCUT2D eigenvalue weighted by atomic mass is 15.1. The summed E-state index contributed by atoms with van der Waals surface area (Å²) in [5, 5.41) is 14.7. The first-order valence-electron chi connectivity index (χ1n) is 9.49. The second kappa shape index (κ2) is 9.46. The largest absolute Gasteiger partial charge is 0.329 e. The van der Waals surface area contributed by atoms with E-state index in [9.17, 15) is 0 Å². The normalized spacial score (nSPS) is 36.0. The van der Waals surface area contributed by atoms with Crippen LogP contribution in [0.2, 0.25) is 0 Å². The molecule has 0 unspecified atom stereocenters. The van der Waals surface area contributed by atoms with Crippen LogP contribution in [0.1, 0.15) is 54.4 Å². The van der Waals surface area contributed by atoms with Crippen molar-refractivity contribution in [1.82, 2.24) is 21.3 Å². The number of nitrogens with two attached hydrogens (primary N) is 2. The smallest absolute Gasteiger partial charge is 0.0320 e. The fraction of sp³-hybridized carbons (Fsp3) is 1.00. The summed E-state index contributed by atoms with van der Waals surface area (Å²) in [5.74, 6) is 0. The molecule has 0 aromatic rings. The molecule has 0 radical (unpaired) electrons. The van der Waals surface area contributed by atoms with E-state index in [4.69, 9.17) is 11.5 Å². The molecule has 0 aromatic heterocycles. The summed E-state index contributed by atoms with van der Waals surface area (Å²) in [7, 11) is 0. The van der Waals surface area contributed by atoms with E-state index >= 15 is 0 Å². The lowest BCUT2D eigenvalue weighted by Crippen LogP contribution is -2.59. The van der Waals surface area contributed by atoms with Gasteiger partial charge < -0.3 is 32.7 Å². The van der Waals surface area contributed by atoms with Crippen molar-refractivity contribution in [2.45, 2.75) is 89.6 Å². The molecule has 0 saturated carbocycles. The third-order valence-corrected chi connectivity index (χ3v) is 4.82. The van der Waals surface area contributed by atoms with Gasteiger partial charge in [0.15, 0.2) is 0 Å². The molecule has 144 valence electrons. The van der Waals surface area contributed by atoms with E-state index in [0.717, 1.165) is 25.9 Å². The number of nitrogens with one attached hydrogen (secondary N) is 4. The minimum atomic E-state index is 0.0381. The van der Waals surface area contributed by atoms with Gasteiger partial charge in [-0.2, -0.15) is 0 Å². The van der Waals surface area contributed by atoms with Crippen LogP contribution in [0.5, 0.6) is 0 Å². The minimum Gasteiger partial charge on any atom is -0.329 e. The molecule has 0 amide bonds. The van der Waals surface area contributed by atoms with E-state index in [0.29, 0.717) is 25.2 Å². The number of hydrogen-bond donors (Lipinski definition) is 6. The van der Waals surface area contributed by atoms with Crippen LogP contribution in [0, 0.1) is 0 Å². The Hall–Kier alpha value is -0.240. The molecular weight excluding hydrogens is 300 g/mol. The molecule has 0 bridgehead atoms. The Morgan fingerprint density at radius 2 is 1.08 bits per heavy atom. The number of rotatable bonds is 2. The van der Waals surface area contributed by atoms with Crippen LogP contribution in [-0.4, -0.2) is 61.4 Å². The first kappa shape index (κ1) is 21.8. The molecule has 8 N–H and O–H groups in total. The molecule has 1 fully saturated rings. The maximum atomic E-state index is 5.99. The summed E-state index contributed by atoms with van der Waals surface area (Å²) in [6, 6.07) is 1.40. The second-order valence-corrected chi connectivity index (χ2v) is 8.95. The Balaban J connectivity index is 2.84. The molecule has 0 aliphatic carbocycles. The van der Waals surface area contributed by atoms with Crippen LogP contribution < -0.4 is 32.7 Å². The van der Waals surface area contributed by atoms with Gasteiger partial charge in [-0.05, 0) is 54.4 Å². The highest BCUT2D eigenvalue weighted by molar-refractivity contribution is 4.91. The Bertz CT molecular complexity index is 323. The second-order valence-electron chi connectivity index (χ2n) is 8.95. The fourth-order valence-corrected chi connectivity index (χ4v) is 3.97. The van der Waals surface area contributed by atoms with E-state index in [2.05, 4.69) is 62.8 Å². The van der Waals surface area contributed by atoms with Crippen molar-refractivity contribution in [1.29, 1.82) is 0 Å². The monoisotopic (exact) mass is 342 g/mol. The first-order chi connectivity index (χ1) is 11.1. The van der Waals surface area contributed by atoms with Crippen LogP contribution in [0.15, 0.2) is 0 Å². The molecule has 6 nitrogen and oxygen atoms in total. The summed E-state index contributed by atoms with van der Waals surface area (Å²) >= 11 is 0. The van der Waals surface area contributed by atoms with E-state index in [1.165, 1.54) is 0 Å². The van der Waals surface area contributed by atoms with Crippen molar-refractivity contribution in [3.8, 4) is 0 Å². The van der Waals surface area contributed by atoms with Gasteiger partial charge in [-0.15, -0.1) is 0 Å². The Morgan fingerprint density at radius 1 is 0.750 bits per heavy atom. The van der Waals surface area contributed by atoms with Crippen LogP contribution in [-0.2, 0) is 0 Å². The highest BCUT2D eigenvalue weighted by Crippen LogP contribution is 2.15. The third kappa shape index (κ3) is 8.23. The van der Waals surface area contributed by atoms with Gasteiger partial charge in [-0.3, -0.25) is 0 Å². The Kier molecular flexibility index (Phi) is 8.59. The van der Waals surface area contributed by atoms with Gasteiger partial charge in [0, 0.05) is 61.4 Å². The lowest BCUT2D eigenvalue weighted by molar-refractivity contribution is 0.240. The fourth-order valence-electron chi connectivity index (χ4n) is 3.97. The van der Waals surface area contributed by atoms with Gasteiger partial charge >= 0.3 is 0 Å². The van der Waals surface area contributed by atoms with Crippen molar-refractivity contribution >= 4 is 0 Å². The van der Waals surface area contributed by atoms with Gasteiger partial charge in [0.05, 0.1) is 0 Å². The van der Waals surface area contributed by atoms with Crippen molar-refractivity contribution < 1.29 is 0 Å². The van der Waals surface area contributed by atoms with Gasteiger partial charge in [-0.25, -0.2) is 0 Å². The zero-order valence-corrected chi connectivity index (χ0v) is 16.7. The van der Waals surface area contributed by atoms with Crippen molar-refractivity contribution in [3.05, 3.63) is 0 Å². The predicted octanol–water partition coefficient (Wildman–Crippen LogP) is 0.127. The van der Waals surface area contributed by atoms with Crippen molar-refractivity contribution in [3.63, 3.8) is 0 Å². The van der Waals surface area contributed by atoms with Crippen LogP contribution >= 0.6 is 0 Å². The summed E-state index contributed by atoms with van der Waals surface area (Å²) in [6.07, 6.45) is 2.08. The molecule has 1 aliphatic heterocycles. The zero-order chi connectivity index (χ0) is 18.4. The van der Waals surface area contributed by atoms with Gasteiger partial charge in [-0.1, -0.05) is 0 Å². The predicted molar refractivity (Wildman–Crippen MR) is 104 cm³/mol. The van der Waals surface area contributed by atoms with E-state index in [1.54, 1.807) is 0 Å². The maximum Gasteiger partial charge on any atom is 0.0320 e. The molecule has 24 heavy (non-hydrogen) atoms. The number of hydrogen-bond acceptors (Lipinski definition) is 6. The topological polar surface area (TPSA) is 100 Å². The van der Waals surface area contributed by atoms with E-state index in [-0.39, 0.29) is 23.2 Å². The third-order valence-electron chi connectivity index (χ3n) is 4.82. The van der Waals surface area contributed by atoms with Gasteiger partial charge in [0.2, 0.25) is 0 Å². The molecule has 1 aliphatic rings. The summed E-state index contributed by atoms with van der Waals surface area (Å²) in [4.78, 5) is 0. The van der Waals surface area contributed by atoms with Crippen molar-refractivity contribution in [2.24, 2.45) is 11.5 Å². The van der Waals surface area contributed by atoms with Crippen LogP contribution in [0.25, 0.3) is 0 Å². The van der Waals surface area contributed by atoms with Crippen LogP contribution in [0.4, 0.5) is 0 Å². The molecular formula is C18H42N6. The summed E-state index contributed by atoms with van der Waals surface area (Å²) in [5.41, 5.74) is 12.0. The molecule has 6 heteroatoms. The molecule has 1 saturated heterocycles. The standard InChI is InChI=1S/C18H42N6/c1-13-7-17(3,4)23-16(10-20)12-22-14(2)8-18(5,6)24-15(9-19)11-21-13/h13-16,21-24H,7-12,19-20H2,1-6H3/t13-,14+,15-,16-/m0/s1. The van der Waals surface area contributed by atoms with Crippen molar-refractivity contribution in [2.75, 3.05) is 26.2 Å². The zero-order valence-electron chi connectivity index (χ0n) is 16.7. The Morgan fingerprint density at radius 3 is 1.38 bits per heavy atom. The summed E-state index contributed by atoms with van der Waals surface area (Å²) < 4.78 is 0.